The first-order chi connectivity index (χ1) is 4.79. The van der Waals surface area contributed by atoms with E-state index in [1.165, 1.54) is 0 Å². The van der Waals surface area contributed by atoms with Gasteiger partial charge in [-0.1, -0.05) is 41.9 Å². The first-order valence-electron chi connectivity index (χ1n) is 3.18. The summed E-state index contributed by atoms with van der Waals surface area (Å²) in [6.07, 6.45) is 1.93. The predicted octanol–water partition coefficient (Wildman–Crippen LogP) is 3.29. The van der Waals surface area contributed by atoms with Gasteiger partial charge in [0.15, 0.2) is 0 Å². The summed E-state index contributed by atoms with van der Waals surface area (Å²) in [4.78, 5) is 0. The molecule has 0 radical (unpaired) electrons. The molecule has 0 saturated carbocycles. The van der Waals surface area contributed by atoms with Crippen LogP contribution in [0.4, 0.5) is 0 Å². The predicted molar refractivity (Wildman–Crippen MR) is 45.9 cm³/mol. The van der Waals surface area contributed by atoms with Gasteiger partial charge in [-0.25, -0.2) is 0 Å². The molecule has 0 saturated heterocycles. The van der Waals surface area contributed by atoms with Gasteiger partial charge in [0.2, 0.25) is 0 Å². The molecule has 0 spiro atoms. The maximum Gasteiger partial charge on any atom is 0.0155 e. The van der Waals surface area contributed by atoms with Gasteiger partial charge in [-0.05, 0) is 18.6 Å². The molecule has 0 atom stereocenters. The fourth-order valence-corrected chi connectivity index (χ4v) is 0.905. The molecule has 1 aromatic rings. The topological polar surface area (TPSA) is 0 Å². The van der Waals surface area contributed by atoms with Crippen molar-refractivity contribution in [2.24, 2.45) is 0 Å². The molecule has 52 valence electrons. The Balaban J connectivity index is 2.87. The summed E-state index contributed by atoms with van der Waals surface area (Å²) in [7, 11) is 0. The molecule has 1 aromatic carbocycles. The van der Waals surface area contributed by atoms with Crippen LogP contribution < -0.4 is 0 Å². The highest BCUT2D eigenvalue weighted by atomic mass is 35.5. The minimum atomic E-state index is 0.811. The number of hydrogen-bond donors (Lipinski definition) is 0. The van der Waals surface area contributed by atoms with E-state index in [2.05, 4.69) is 0 Å². The normalized spacial score (nSPS) is 11.6. The third kappa shape index (κ3) is 2.24. The number of benzene rings is 1. The SMILES string of the molecule is C/C(Cl)=C/c1ccccc1. The Morgan fingerprint density at radius 2 is 1.90 bits per heavy atom. The Labute approximate surface area is 66.1 Å². The van der Waals surface area contributed by atoms with E-state index in [0.29, 0.717) is 0 Å². The fourth-order valence-electron chi connectivity index (χ4n) is 0.779. The number of rotatable bonds is 1. The summed E-state index contributed by atoms with van der Waals surface area (Å²) >= 11 is 5.67. The highest BCUT2D eigenvalue weighted by Gasteiger charge is 1.83. The highest BCUT2D eigenvalue weighted by molar-refractivity contribution is 6.31. The van der Waals surface area contributed by atoms with Crippen LogP contribution in [0, 0.1) is 0 Å². The fraction of sp³-hybridized carbons (Fsp3) is 0.111. The third-order valence-corrected chi connectivity index (χ3v) is 1.27. The van der Waals surface area contributed by atoms with E-state index < -0.39 is 0 Å². The molecule has 10 heavy (non-hydrogen) atoms. The van der Waals surface area contributed by atoms with E-state index in [9.17, 15) is 0 Å². The van der Waals surface area contributed by atoms with Crippen molar-refractivity contribution >= 4 is 17.7 Å². The van der Waals surface area contributed by atoms with E-state index in [0.717, 1.165) is 10.6 Å². The molecule has 0 heterocycles. The van der Waals surface area contributed by atoms with Crippen molar-refractivity contribution in [1.29, 1.82) is 0 Å². The van der Waals surface area contributed by atoms with Gasteiger partial charge < -0.3 is 0 Å². The molecule has 0 aliphatic heterocycles. The van der Waals surface area contributed by atoms with E-state index in [1.807, 2.05) is 43.3 Å². The van der Waals surface area contributed by atoms with Crippen LogP contribution >= 0.6 is 11.6 Å². The van der Waals surface area contributed by atoms with Crippen LogP contribution in [0.2, 0.25) is 0 Å². The van der Waals surface area contributed by atoms with Gasteiger partial charge in [0, 0.05) is 5.03 Å². The Hall–Kier alpha value is -0.750. The molecule has 0 N–H and O–H groups in total. The Bertz CT molecular complexity index is 220. The van der Waals surface area contributed by atoms with Crippen LogP contribution in [0.3, 0.4) is 0 Å². The van der Waals surface area contributed by atoms with E-state index >= 15 is 0 Å². The minimum Gasteiger partial charge on any atom is -0.0894 e. The lowest BCUT2D eigenvalue weighted by Gasteiger charge is -1.90. The van der Waals surface area contributed by atoms with Crippen molar-refractivity contribution in [2.45, 2.75) is 6.92 Å². The van der Waals surface area contributed by atoms with E-state index in [1.54, 1.807) is 0 Å². The lowest BCUT2D eigenvalue weighted by atomic mass is 10.2. The van der Waals surface area contributed by atoms with Gasteiger partial charge in [0.25, 0.3) is 0 Å². The standard InChI is InChI=1S/C9H9Cl/c1-8(10)7-9-5-3-2-4-6-9/h2-7H,1H3/b8-7-. The first kappa shape index (κ1) is 7.36. The Morgan fingerprint density at radius 3 is 2.40 bits per heavy atom. The van der Waals surface area contributed by atoms with Crippen molar-refractivity contribution in [3.8, 4) is 0 Å². The van der Waals surface area contributed by atoms with Gasteiger partial charge in [-0.15, -0.1) is 0 Å². The Morgan fingerprint density at radius 1 is 1.30 bits per heavy atom. The summed E-state index contributed by atoms with van der Waals surface area (Å²) in [6, 6.07) is 10.0. The number of allylic oxidation sites excluding steroid dienone is 1. The zero-order chi connectivity index (χ0) is 7.40. The van der Waals surface area contributed by atoms with Crippen LogP contribution in [0.1, 0.15) is 12.5 Å². The van der Waals surface area contributed by atoms with E-state index in [4.69, 9.17) is 11.6 Å². The first-order valence-corrected chi connectivity index (χ1v) is 3.55. The summed E-state index contributed by atoms with van der Waals surface area (Å²) in [6.45, 7) is 1.87. The van der Waals surface area contributed by atoms with Crippen LogP contribution in [-0.2, 0) is 0 Å². The number of halogens is 1. The largest absolute Gasteiger partial charge is 0.0894 e. The minimum absolute atomic E-state index is 0.811. The lowest BCUT2D eigenvalue weighted by Crippen LogP contribution is -1.68. The van der Waals surface area contributed by atoms with E-state index in [-0.39, 0.29) is 0 Å². The van der Waals surface area contributed by atoms with Crippen LogP contribution in [-0.4, -0.2) is 0 Å². The second-order valence-electron chi connectivity index (χ2n) is 2.14. The zero-order valence-corrected chi connectivity index (χ0v) is 6.60. The van der Waals surface area contributed by atoms with Crippen molar-refractivity contribution in [3.05, 3.63) is 40.9 Å². The van der Waals surface area contributed by atoms with Crippen molar-refractivity contribution in [1.82, 2.24) is 0 Å². The lowest BCUT2D eigenvalue weighted by molar-refractivity contribution is 1.63. The average molecular weight is 153 g/mol. The molecule has 0 fully saturated rings. The molecule has 0 unspecified atom stereocenters. The average Bonchev–Trinajstić information content (AvgIpc) is 1.88. The zero-order valence-electron chi connectivity index (χ0n) is 5.84. The maximum atomic E-state index is 5.67. The smallest absolute Gasteiger partial charge is 0.0155 e. The molecule has 1 heteroatoms. The van der Waals surface area contributed by atoms with Crippen LogP contribution in [0.15, 0.2) is 35.4 Å². The van der Waals surface area contributed by atoms with Gasteiger partial charge >= 0.3 is 0 Å². The van der Waals surface area contributed by atoms with Gasteiger partial charge in [0.05, 0.1) is 0 Å². The molecule has 0 aliphatic rings. The molecule has 0 nitrogen and oxygen atoms in total. The summed E-state index contributed by atoms with van der Waals surface area (Å²) in [5.41, 5.74) is 1.15. The summed E-state index contributed by atoms with van der Waals surface area (Å²) in [5, 5.41) is 0.811. The highest BCUT2D eigenvalue weighted by Crippen LogP contribution is 2.07. The second kappa shape index (κ2) is 3.43. The van der Waals surface area contributed by atoms with Gasteiger partial charge in [0.1, 0.15) is 0 Å². The Kier molecular flexibility index (Phi) is 2.52. The van der Waals surface area contributed by atoms with Gasteiger partial charge in [-0.2, -0.15) is 0 Å². The molecule has 0 aliphatic carbocycles. The van der Waals surface area contributed by atoms with Gasteiger partial charge in [-0.3, -0.25) is 0 Å². The monoisotopic (exact) mass is 152 g/mol. The van der Waals surface area contributed by atoms with Crippen molar-refractivity contribution in [3.63, 3.8) is 0 Å². The number of hydrogen-bond acceptors (Lipinski definition) is 0. The third-order valence-electron chi connectivity index (χ3n) is 1.17. The van der Waals surface area contributed by atoms with Crippen LogP contribution in [0.5, 0.6) is 0 Å². The molecule has 1 rings (SSSR count). The summed E-state index contributed by atoms with van der Waals surface area (Å²) < 4.78 is 0. The molecular formula is C9H9Cl. The van der Waals surface area contributed by atoms with Crippen molar-refractivity contribution < 1.29 is 0 Å². The van der Waals surface area contributed by atoms with Crippen molar-refractivity contribution in [2.75, 3.05) is 0 Å². The molecule has 0 amide bonds. The molecule has 0 aromatic heterocycles. The maximum absolute atomic E-state index is 5.67. The second-order valence-corrected chi connectivity index (χ2v) is 2.74. The molecule has 0 bridgehead atoms. The molecular weight excluding hydrogens is 144 g/mol. The summed E-state index contributed by atoms with van der Waals surface area (Å²) in [5.74, 6) is 0. The van der Waals surface area contributed by atoms with Crippen LogP contribution in [0.25, 0.3) is 6.08 Å². The quantitative estimate of drug-likeness (QED) is 0.580.